The normalized spacial score (nSPS) is 20.4. The summed E-state index contributed by atoms with van der Waals surface area (Å²) >= 11 is 4.86. The molecule has 0 N–H and O–H groups in total. The summed E-state index contributed by atoms with van der Waals surface area (Å²) in [5.74, 6) is 0.0120. The second-order valence-electron chi connectivity index (χ2n) is 6.86. The van der Waals surface area contributed by atoms with Crippen molar-refractivity contribution >= 4 is 39.4 Å². The van der Waals surface area contributed by atoms with Crippen molar-refractivity contribution in [2.45, 2.75) is 62.0 Å². The Balaban J connectivity index is 2.40. The van der Waals surface area contributed by atoms with Gasteiger partial charge < -0.3 is 4.74 Å². The molecule has 0 aromatic heterocycles. The van der Waals surface area contributed by atoms with E-state index in [9.17, 15) is 9.59 Å². The molecule has 1 aromatic rings. The van der Waals surface area contributed by atoms with Gasteiger partial charge in [-0.05, 0) is 64.2 Å². The van der Waals surface area contributed by atoms with Gasteiger partial charge in [-0.15, -0.1) is 11.8 Å². The standard InChI is InChI=1S/C19H25BrO3S/c1-5-23-17(22)18(2,3)24-15-10-6-9-14-13(15)8-7-11-19(14,4)16(21)12-20/h6,9-10H,5,7-8,11-12H2,1-4H3. The second kappa shape index (κ2) is 7.61. The van der Waals surface area contributed by atoms with Crippen LogP contribution in [-0.4, -0.2) is 28.4 Å². The summed E-state index contributed by atoms with van der Waals surface area (Å²) in [7, 11) is 0. The van der Waals surface area contributed by atoms with Crippen LogP contribution in [-0.2, 0) is 26.2 Å². The third kappa shape index (κ3) is 3.72. The lowest BCUT2D eigenvalue weighted by Crippen LogP contribution is -2.37. The highest BCUT2D eigenvalue weighted by Crippen LogP contribution is 2.44. The van der Waals surface area contributed by atoms with Crippen LogP contribution in [0.1, 0.15) is 51.7 Å². The lowest BCUT2D eigenvalue weighted by atomic mass is 9.69. The van der Waals surface area contributed by atoms with Gasteiger partial charge in [0.2, 0.25) is 0 Å². The fraction of sp³-hybridized carbons (Fsp3) is 0.579. The molecule has 1 aliphatic rings. The Labute approximate surface area is 157 Å². The highest BCUT2D eigenvalue weighted by molar-refractivity contribution is 9.09. The Kier molecular flexibility index (Phi) is 6.19. The van der Waals surface area contributed by atoms with Gasteiger partial charge in [-0.2, -0.15) is 0 Å². The molecule has 1 atom stereocenters. The van der Waals surface area contributed by atoms with E-state index in [0.29, 0.717) is 11.9 Å². The molecule has 1 unspecified atom stereocenters. The predicted octanol–water partition coefficient (Wildman–Crippen LogP) is 4.68. The molecule has 0 amide bonds. The number of thioether (sulfide) groups is 1. The van der Waals surface area contributed by atoms with E-state index in [1.807, 2.05) is 33.8 Å². The summed E-state index contributed by atoms with van der Waals surface area (Å²) in [6, 6.07) is 6.11. The number of esters is 1. The van der Waals surface area contributed by atoms with E-state index < -0.39 is 10.2 Å². The van der Waals surface area contributed by atoms with Gasteiger partial charge in [0.05, 0.1) is 17.4 Å². The Morgan fingerprint density at radius 3 is 2.71 bits per heavy atom. The molecule has 0 saturated carbocycles. The summed E-state index contributed by atoms with van der Waals surface area (Å²) in [6.45, 7) is 8.02. The summed E-state index contributed by atoms with van der Waals surface area (Å²) in [6.07, 6.45) is 2.81. The molecule has 132 valence electrons. The minimum absolute atomic E-state index is 0.206. The highest BCUT2D eigenvalue weighted by atomic mass is 79.9. The minimum atomic E-state index is -0.654. The van der Waals surface area contributed by atoms with Gasteiger partial charge in [0.1, 0.15) is 4.75 Å². The maximum atomic E-state index is 12.5. The number of hydrogen-bond acceptors (Lipinski definition) is 4. The molecule has 5 heteroatoms. The van der Waals surface area contributed by atoms with E-state index in [0.717, 1.165) is 29.7 Å². The molecular weight excluding hydrogens is 388 g/mol. The van der Waals surface area contributed by atoms with E-state index in [4.69, 9.17) is 4.74 Å². The van der Waals surface area contributed by atoms with Crippen LogP contribution < -0.4 is 0 Å². The molecule has 24 heavy (non-hydrogen) atoms. The Morgan fingerprint density at radius 1 is 1.38 bits per heavy atom. The molecular formula is C19H25BrO3S. The van der Waals surface area contributed by atoms with Gasteiger partial charge in [-0.1, -0.05) is 28.1 Å². The number of alkyl halides is 1. The molecule has 0 radical (unpaired) electrons. The van der Waals surface area contributed by atoms with Crippen LogP contribution in [0.15, 0.2) is 23.1 Å². The van der Waals surface area contributed by atoms with Gasteiger partial charge >= 0.3 is 5.97 Å². The van der Waals surface area contributed by atoms with Crippen molar-refractivity contribution in [3.05, 3.63) is 29.3 Å². The van der Waals surface area contributed by atoms with Gasteiger partial charge in [0, 0.05) is 4.90 Å². The van der Waals surface area contributed by atoms with E-state index in [2.05, 4.69) is 28.1 Å². The first-order chi connectivity index (χ1) is 11.3. The predicted molar refractivity (Wildman–Crippen MR) is 102 cm³/mol. The highest BCUT2D eigenvalue weighted by Gasteiger charge is 2.39. The van der Waals surface area contributed by atoms with Crippen LogP contribution in [0.4, 0.5) is 0 Å². The van der Waals surface area contributed by atoms with Crippen molar-refractivity contribution in [1.82, 2.24) is 0 Å². The van der Waals surface area contributed by atoms with Crippen molar-refractivity contribution in [2.75, 3.05) is 11.9 Å². The zero-order chi connectivity index (χ0) is 18.0. The number of rotatable bonds is 6. The Morgan fingerprint density at radius 2 is 2.08 bits per heavy atom. The molecule has 0 fully saturated rings. The lowest BCUT2D eigenvalue weighted by Gasteiger charge is -2.36. The van der Waals surface area contributed by atoms with Crippen LogP contribution in [0.3, 0.4) is 0 Å². The third-order valence-electron chi connectivity index (χ3n) is 4.70. The lowest BCUT2D eigenvalue weighted by molar-refractivity contribution is -0.145. The zero-order valence-electron chi connectivity index (χ0n) is 14.8. The number of Topliss-reactive ketones (excluding diaryl/α,β-unsaturated/α-hetero) is 1. The molecule has 0 aliphatic heterocycles. The monoisotopic (exact) mass is 412 g/mol. The van der Waals surface area contributed by atoms with Crippen LogP contribution in [0.5, 0.6) is 0 Å². The minimum Gasteiger partial charge on any atom is -0.465 e. The summed E-state index contributed by atoms with van der Waals surface area (Å²) < 4.78 is 4.55. The SMILES string of the molecule is CCOC(=O)C(C)(C)Sc1cccc2c1CCCC2(C)C(=O)CBr. The number of fused-ring (bicyclic) bond motifs is 1. The number of ether oxygens (including phenoxy) is 1. The average molecular weight is 413 g/mol. The fourth-order valence-electron chi connectivity index (χ4n) is 3.25. The average Bonchev–Trinajstić information content (AvgIpc) is 2.55. The van der Waals surface area contributed by atoms with Gasteiger partial charge in [-0.25, -0.2) is 0 Å². The largest absolute Gasteiger partial charge is 0.465 e. The number of ketones is 1. The molecule has 0 saturated heterocycles. The summed E-state index contributed by atoms with van der Waals surface area (Å²) in [5, 5.41) is 0.370. The zero-order valence-corrected chi connectivity index (χ0v) is 17.2. The molecule has 0 spiro atoms. The van der Waals surface area contributed by atoms with E-state index in [-0.39, 0.29) is 11.8 Å². The molecule has 0 heterocycles. The van der Waals surface area contributed by atoms with E-state index in [1.165, 1.54) is 17.3 Å². The van der Waals surface area contributed by atoms with Crippen molar-refractivity contribution in [3.8, 4) is 0 Å². The Hall–Kier alpha value is -0.810. The number of benzene rings is 1. The quantitative estimate of drug-likeness (QED) is 0.386. The van der Waals surface area contributed by atoms with Crippen LogP contribution >= 0.6 is 27.7 Å². The van der Waals surface area contributed by atoms with Crippen LogP contribution in [0, 0.1) is 0 Å². The number of hydrogen-bond donors (Lipinski definition) is 0. The topological polar surface area (TPSA) is 43.4 Å². The van der Waals surface area contributed by atoms with Gasteiger partial charge in [0.15, 0.2) is 5.78 Å². The van der Waals surface area contributed by atoms with E-state index >= 15 is 0 Å². The fourth-order valence-corrected chi connectivity index (χ4v) is 5.04. The Bertz CT molecular complexity index is 641. The first kappa shape index (κ1) is 19.5. The molecule has 0 bridgehead atoms. The maximum absolute atomic E-state index is 12.5. The van der Waals surface area contributed by atoms with Crippen molar-refractivity contribution in [1.29, 1.82) is 0 Å². The first-order valence-electron chi connectivity index (χ1n) is 8.34. The maximum Gasteiger partial charge on any atom is 0.321 e. The smallest absolute Gasteiger partial charge is 0.321 e. The number of halogens is 1. The summed E-state index contributed by atoms with van der Waals surface area (Å²) in [4.78, 5) is 25.8. The molecule has 1 aliphatic carbocycles. The first-order valence-corrected chi connectivity index (χ1v) is 10.3. The number of carbonyl (C=O) groups excluding carboxylic acids is 2. The van der Waals surface area contributed by atoms with Crippen LogP contribution in [0.25, 0.3) is 0 Å². The van der Waals surface area contributed by atoms with Gasteiger partial charge in [0.25, 0.3) is 0 Å². The van der Waals surface area contributed by atoms with E-state index in [1.54, 1.807) is 0 Å². The van der Waals surface area contributed by atoms with Gasteiger partial charge in [-0.3, -0.25) is 9.59 Å². The molecule has 3 nitrogen and oxygen atoms in total. The van der Waals surface area contributed by atoms with Crippen molar-refractivity contribution in [3.63, 3.8) is 0 Å². The summed E-state index contributed by atoms with van der Waals surface area (Å²) in [5.41, 5.74) is 1.88. The number of carbonyl (C=O) groups is 2. The molecule has 2 rings (SSSR count). The van der Waals surface area contributed by atoms with Crippen LogP contribution in [0.2, 0.25) is 0 Å². The third-order valence-corrected chi connectivity index (χ3v) is 6.49. The van der Waals surface area contributed by atoms with Crippen molar-refractivity contribution < 1.29 is 14.3 Å². The molecule has 1 aromatic carbocycles. The second-order valence-corrected chi connectivity index (χ2v) is 9.08. The van der Waals surface area contributed by atoms with Crippen molar-refractivity contribution in [2.24, 2.45) is 0 Å².